The highest BCUT2D eigenvalue weighted by molar-refractivity contribution is 14.0. The molecule has 2 aromatic rings. The Balaban J connectivity index is 0.00000312. The molecule has 0 aliphatic heterocycles. The number of halogens is 3. The smallest absolute Gasteiger partial charge is 0.193 e. The molecule has 0 saturated carbocycles. The third-order valence-electron chi connectivity index (χ3n) is 3.65. The number of nitrogens with zero attached hydrogens (tertiary/aromatic N) is 3. The lowest BCUT2D eigenvalue weighted by Crippen LogP contribution is -2.39. The lowest BCUT2D eigenvalue weighted by molar-refractivity contribution is 0.477. The number of hydrogen-bond acceptors (Lipinski definition) is 2. The van der Waals surface area contributed by atoms with Crippen molar-refractivity contribution in [3.8, 4) is 0 Å². The number of guanidine groups is 1. The summed E-state index contributed by atoms with van der Waals surface area (Å²) < 4.78 is 0. The summed E-state index contributed by atoms with van der Waals surface area (Å²) in [7, 11) is 3.77. The van der Waals surface area contributed by atoms with Gasteiger partial charge in [0.1, 0.15) is 0 Å². The molecule has 0 unspecified atom stereocenters. The fraction of sp³-hybridized carbons (Fsp3) is 0.333. The van der Waals surface area contributed by atoms with E-state index >= 15 is 0 Å². The largest absolute Gasteiger partial charge is 0.356 e. The highest BCUT2D eigenvalue weighted by Crippen LogP contribution is 2.23. The first-order valence-electron chi connectivity index (χ1n) is 7.77. The van der Waals surface area contributed by atoms with Crippen molar-refractivity contribution in [1.29, 1.82) is 0 Å². The van der Waals surface area contributed by atoms with E-state index in [4.69, 9.17) is 23.2 Å². The Morgan fingerprint density at radius 1 is 1.16 bits per heavy atom. The fourth-order valence-electron chi connectivity index (χ4n) is 2.34. The summed E-state index contributed by atoms with van der Waals surface area (Å²) in [6.45, 7) is 3.48. The lowest BCUT2D eigenvalue weighted by atomic mass is 10.2. The minimum Gasteiger partial charge on any atom is -0.356 e. The molecule has 25 heavy (non-hydrogen) atoms. The third-order valence-corrected chi connectivity index (χ3v) is 4.39. The van der Waals surface area contributed by atoms with Gasteiger partial charge < -0.3 is 10.2 Å². The molecule has 0 atom stereocenters. The normalized spacial score (nSPS) is 11.0. The molecular formula is C18H23Cl2IN4. The second-order valence-corrected chi connectivity index (χ2v) is 6.45. The van der Waals surface area contributed by atoms with Gasteiger partial charge in [0.15, 0.2) is 5.96 Å². The molecule has 136 valence electrons. The summed E-state index contributed by atoms with van der Waals surface area (Å²) in [6, 6.07) is 9.79. The van der Waals surface area contributed by atoms with E-state index in [1.807, 2.05) is 49.3 Å². The first-order valence-corrected chi connectivity index (χ1v) is 8.52. The van der Waals surface area contributed by atoms with Gasteiger partial charge in [-0.05, 0) is 42.7 Å². The van der Waals surface area contributed by atoms with Gasteiger partial charge in [-0.1, -0.05) is 35.3 Å². The van der Waals surface area contributed by atoms with E-state index in [0.29, 0.717) is 16.6 Å². The average Bonchev–Trinajstić information content (AvgIpc) is 2.56. The van der Waals surface area contributed by atoms with Crippen LogP contribution in [0.4, 0.5) is 0 Å². The molecule has 7 heteroatoms. The molecule has 1 aromatic carbocycles. The molecule has 0 aliphatic carbocycles. The summed E-state index contributed by atoms with van der Waals surface area (Å²) in [6.07, 6.45) is 2.81. The monoisotopic (exact) mass is 492 g/mol. The van der Waals surface area contributed by atoms with Gasteiger partial charge >= 0.3 is 0 Å². The minimum absolute atomic E-state index is 0. The maximum Gasteiger partial charge on any atom is 0.193 e. The molecule has 0 amide bonds. The van der Waals surface area contributed by atoms with Gasteiger partial charge in [0.05, 0.1) is 10.0 Å². The first-order chi connectivity index (χ1) is 11.5. The van der Waals surface area contributed by atoms with Gasteiger partial charge in [0.25, 0.3) is 0 Å². The zero-order chi connectivity index (χ0) is 17.5. The SMILES string of the molecule is CN=C(NCCc1ccc(C)nc1)N(C)Cc1ccc(Cl)c(Cl)c1.I. The molecule has 1 aromatic heterocycles. The molecular weight excluding hydrogens is 470 g/mol. The van der Waals surface area contributed by atoms with Gasteiger partial charge in [-0.3, -0.25) is 9.98 Å². The van der Waals surface area contributed by atoms with Crippen molar-refractivity contribution in [2.45, 2.75) is 19.9 Å². The lowest BCUT2D eigenvalue weighted by Gasteiger charge is -2.22. The van der Waals surface area contributed by atoms with Crippen molar-refractivity contribution in [2.75, 3.05) is 20.6 Å². The van der Waals surface area contributed by atoms with E-state index in [1.54, 1.807) is 7.05 Å². The molecule has 2 rings (SSSR count). The molecule has 1 N–H and O–H groups in total. The van der Waals surface area contributed by atoms with E-state index < -0.39 is 0 Å². The summed E-state index contributed by atoms with van der Waals surface area (Å²) in [5.74, 6) is 0.834. The topological polar surface area (TPSA) is 40.5 Å². The van der Waals surface area contributed by atoms with Crippen LogP contribution in [0.1, 0.15) is 16.8 Å². The highest BCUT2D eigenvalue weighted by Gasteiger charge is 2.08. The maximum absolute atomic E-state index is 6.07. The van der Waals surface area contributed by atoms with Crippen LogP contribution in [-0.4, -0.2) is 36.5 Å². The third kappa shape index (κ3) is 6.99. The van der Waals surface area contributed by atoms with Gasteiger partial charge in [0, 0.05) is 39.1 Å². The second kappa shape index (κ2) is 10.8. The Kier molecular flexibility index (Phi) is 9.53. The van der Waals surface area contributed by atoms with Crippen molar-refractivity contribution >= 4 is 53.1 Å². The van der Waals surface area contributed by atoms with E-state index in [2.05, 4.69) is 21.4 Å². The molecule has 4 nitrogen and oxygen atoms in total. The number of hydrogen-bond donors (Lipinski definition) is 1. The van der Waals surface area contributed by atoms with Crippen LogP contribution in [0.2, 0.25) is 10.0 Å². The van der Waals surface area contributed by atoms with Gasteiger partial charge in [0.2, 0.25) is 0 Å². The van der Waals surface area contributed by atoms with Gasteiger partial charge in [-0.2, -0.15) is 0 Å². The Labute approximate surface area is 176 Å². The molecule has 0 bridgehead atoms. The zero-order valence-electron chi connectivity index (χ0n) is 14.6. The molecule has 0 spiro atoms. The van der Waals surface area contributed by atoms with Gasteiger partial charge in [-0.15, -0.1) is 24.0 Å². The molecule has 0 radical (unpaired) electrons. The van der Waals surface area contributed by atoms with E-state index in [-0.39, 0.29) is 24.0 Å². The fourth-order valence-corrected chi connectivity index (χ4v) is 2.66. The Morgan fingerprint density at radius 3 is 2.48 bits per heavy atom. The van der Waals surface area contributed by atoms with Crippen LogP contribution in [0, 0.1) is 6.92 Å². The van der Waals surface area contributed by atoms with Gasteiger partial charge in [-0.25, -0.2) is 0 Å². The number of pyridine rings is 1. The number of benzene rings is 1. The van der Waals surface area contributed by atoms with Crippen LogP contribution >= 0.6 is 47.2 Å². The number of aromatic nitrogens is 1. The van der Waals surface area contributed by atoms with Crippen LogP contribution in [-0.2, 0) is 13.0 Å². The van der Waals surface area contributed by atoms with E-state index in [9.17, 15) is 0 Å². The van der Waals surface area contributed by atoms with Crippen molar-refractivity contribution in [3.05, 3.63) is 63.4 Å². The maximum atomic E-state index is 6.07. The summed E-state index contributed by atoms with van der Waals surface area (Å²) in [5.41, 5.74) is 3.32. The predicted molar refractivity (Wildman–Crippen MR) is 117 cm³/mol. The second-order valence-electron chi connectivity index (χ2n) is 5.64. The number of nitrogens with one attached hydrogen (secondary N) is 1. The van der Waals surface area contributed by atoms with Crippen molar-refractivity contribution in [2.24, 2.45) is 4.99 Å². The Morgan fingerprint density at radius 2 is 1.88 bits per heavy atom. The van der Waals surface area contributed by atoms with Crippen LogP contribution in [0.25, 0.3) is 0 Å². The Hall–Kier alpha value is -1.05. The molecule has 0 fully saturated rings. The molecule has 1 heterocycles. The van der Waals surface area contributed by atoms with E-state index in [1.165, 1.54) is 5.56 Å². The van der Waals surface area contributed by atoms with E-state index in [0.717, 1.165) is 30.2 Å². The Bertz CT molecular complexity index is 705. The zero-order valence-corrected chi connectivity index (χ0v) is 18.4. The first kappa shape index (κ1) is 22.0. The van der Waals surface area contributed by atoms with Crippen molar-refractivity contribution in [1.82, 2.24) is 15.2 Å². The average molecular weight is 493 g/mol. The molecule has 0 aliphatic rings. The van der Waals surface area contributed by atoms with Crippen molar-refractivity contribution < 1.29 is 0 Å². The summed E-state index contributed by atoms with van der Waals surface area (Å²) in [4.78, 5) is 10.7. The summed E-state index contributed by atoms with van der Waals surface area (Å²) in [5, 5.41) is 4.50. The summed E-state index contributed by atoms with van der Waals surface area (Å²) >= 11 is 12.0. The van der Waals surface area contributed by atoms with Crippen LogP contribution in [0.15, 0.2) is 41.5 Å². The number of rotatable bonds is 5. The highest BCUT2D eigenvalue weighted by atomic mass is 127. The minimum atomic E-state index is 0. The predicted octanol–water partition coefficient (Wildman–Crippen LogP) is 4.56. The van der Waals surface area contributed by atoms with Crippen molar-refractivity contribution in [3.63, 3.8) is 0 Å². The van der Waals surface area contributed by atoms with Crippen LogP contribution in [0.3, 0.4) is 0 Å². The van der Waals surface area contributed by atoms with Crippen LogP contribution < -0.4 is 5.32 Å². The number of aryl methyl sites for hydroxylation is 1. The number of aliphatic imine (C=N–C) groups is 1. The molecule has 0 saturated heterocycles. The standard InChI is InChI=1S/C18H22Cl2N4.HI/c1-13-4-5-14(11-23-13)8-9-22-18(21-2)24(3)12-15-6-7-16(19)17(20)10-15;/h4-7,10-11H,8-9,12H2,1-3H3,(H,21,22);1H. The van der Waals surface area contributed by atoms with Crippen LogP contribution in [0.5, 0.6) is 0 Å². The quantitative estimate of drug-likeness (QED) is 0.377.